The largest absolute Gasteiger partial charge is 0.330 e. The molecule has 0 saturated carbocycles. The van der Waals surface area contributed by atoms with Gasteiger partial charge < -0.3 is 5.73 Å². The highest BCUT2D eigenvalue weighted by atomic mass is 32.2. The SMILES string of the molecule is CN(C)S(=O)(=O)n1cncc1CCCCCCN. The molecule has 0 radical (unpaired) electrons. The molecule has 104 valence electrons. The Labute approximate surface area is 109 Å². The highest BCUT2D eigenvalue weighted by molar-refractivity contribution is 7.87. The van der Waals surface area contributed by atoms with Gasteiger partial charge in [-0.15, -0.1) is 0 Å². The van der Waals surface area contributed by atoms with Crippen LogP contribution in [0.2, 0.25) is 0 Å². The molecule has 0 unspecified atom stereocenters. The number of aryl methyl sites for hydroxylation is 1. The summed E-state index contributed by atoms with van der Waals surface area (Å²) in [5, 5.41) is 0. The maximum Gasteiger partial charge on any atom is 0.308 e. The second-order valence-corrected chi connectivity index (χ2v) is 6.44. The molecule has 0 amide bonds. The summed E-state index contributed by atoms with van der Waals surface area (Å²) in [5.41, 5.74) is 6.15. The van der Waals surface area contributed by atoms with Crippen LogP contribution < -0.4 is 5.73 Å². The van der Waals surface area contributed by atoms with Crippen molar-refractivity contribution in [1.29, 1.82) is 0 Å². The van der Waals surface area contributed by atoms with E-state index < -0.39 is 10.2 Å². The van der Waals surface area contributed by atoms with E-state index in [9.17, 15) is 8.42 Å². The minimum atomic E-state index is -3.44. The highest BCUT2D eigenvalue weighted by Crippen LogP contribution is 2.11. The monoisotopic (exact) mass is 274 g/mol. The van der Waals surface area contributed by atoms with Gasteiger partial charge in [0.15, 0.2) is 0 Å². The van der Waals surface area contributed by atoms with Crippen LogP contribution in [0, 0.1) is 0 Å². The summed E-state index contributed by atoms with van der Waals surface area (Å²) in [6, 6.07) is 0. The molecule has 0 saturated heterocycles. The van der Waals surface area contributed by atoms with E-state index in [2.05, 4.69) is 4.98 Å². The molecular formula is C11H22N4O2S. The quantitative estimate of drug-likeness (QED) is 0.704. The molecule has 1 aromatic rings. The summed E-state index contributed by atoms with van der Waals surface area (Å²) < 4.78 is 26.4. The Bertz CT molecular complexity index is 453. The number of nitrogens with two attached hydrogens (primary N) is 1. The van der Waals surface area contributed by atoms with Gasteiger partial charge in [-0.1, -0.05) is 12.8 Å². The van der Waals surface area contributed by atoms with Crippen molar-refractivity contribution in [2.75, 3.05) is 20.6 Å². The molecular weight excluding hydrogens is 252 g/mol. The van der Waals surface area contributed by atoms with Gasteiger partial charge in [-0.05, 0) is 25.8 Å². The lowest BCUT2D eigenvalue weighted by Crippen LogP contribution is -2.29. The molecule has 0 fully saturated rings. The summed E-state index contributed by atoms with van der Waals surface area (Å²) in [4.78, 5) is 3.92. The topological polar surface area (TPSA) is 81.2 Å². The molecule has 7 heteroatoms. The smallest absolute Gasteiger partial charge is 0.308 e. The summed E-state index contributed by atoms with van der Waals surface area (Å²) in [7, 11) is -0.416. The molecule has 2 N–H and O–H groups in total. The van der Waals surface area contributed by atoms with E-state index in [1.165, 1.54) is 28.7 Å². The first-order valence-corrected chi connectivity index (χ1v) is 7.54. The Morgan fingerprint density at radius 1 is 1.28 bits per heavy atom. The van der Waals surface area contributed by atoms with Gasteiger partial charge in [0.2, 0.25) is 0 Å². The van der Waals surface area contributed by atoms with E-state index in [4.69, 9.17) is 5.73 Å². The first-order valence-electron chi connectivity index (χ1n) is 6.14. The number of unbranched alkanes of at least 4 members (excludes halogenated alkanes) is 3. The summed E-state index contributed by atoms with van der Waals surface area (Å²) in [6.45, 7) is 0.715. The fraction of sp³-hybridized carbons (Fsp3) is 0.727. The zero-order valence-corrected chi connectivity index (χ0v) is 11.9. The maximum atomic E-state index is 12.0. The highest BCUT2D eigenvalue weighted by Gasteiger charge is 2.18. The van der Waals surface area contributed by atoms with Crippen LogP contribution in [0.25, 0.3) is 0 Å². The number of aromatic nitrogens is 2. The van der Waals surface area contributed by atoms with E-state index in [1.54, 1.807) is 6.20 Å². The fourth-order valence-corrected chi connectivity index (χ4v) is 2.63. The van der Waals surface area contributed by atoms with Gasteiger partial charge in [-0.2, -0.15) is 12.7 Å². The Kier molecular flexibility index (Phi) is 5.77. The van der Waals surface area contributed by atoms with Crippen LogP contribution in [-0.2, 0) is 16.6 Å². The van der Waals surface area contributed by atoms with Gasteiger partial charge in [-0.3, -0.25) is 0 Å². The number of hydrogen-bond donors (Lipinski definition) is 1. The second-order valence-electron chi connectivity index (χ2n) is 4.42. The molecule has 1 rings (SSSR count). The molecule has 18 heavy (non-hydrogen) atoms. The lowest BCUT2D eigenvalue weighted by atomic mass is 10.1. The molecule has 0 bridgehead atoms. The number of imidazole rings is 1. The van der Waals surface area contributed by atoms with Crippen LogP contribution in [0.1, 0.15) is 31.4 Å². The first kappa shape index (κ1) is 15.1. The third kappa shape index (κ3) is 3.79. The molecule has 0 aromatic carbocycles. The van der Waals surface area contributed by atoms with Crippen LogP contribution in [0.3, 0.4) is 0 Å². The van der Waals surface area contributed by atoms with Gasteiger partial charge in [0.1, 0.15) is 6.33 Å². The second kappa shape index (κ2) is 6.86. The van der Waals surface area contributed by atoms with Crippen molar-refractivity contribution >= 4 is 10.2 Å². The summed E-state index contributed by atoms with van der Waals surface area (Å²) in [5.74, 6) is 0. The number of rotatable bonds is 8. The van der Waals surface area contributed by atoms with E-state index in [0.29, 0.717) is 6.54 Å². The fourth-order valence-electron chi connectivity index (χ4n) is 1.67. The third-order valence-electron chi connectivity index (χ3n) is 2.78. The molecule has 0 spiro atoms. The summed E-state index contributed by atoms with van der Waals surface area (Å²) >= 11 is 0. The molecule has 1 aromatic heterocycles. The van der Waals surface area contributed by atoms with Crippen LogP contribution in [0.5, 0.6) is 0 Å². The first-order chi connectivity index (χ1) is 8.50. The van der Waals surface area contributed by atoms with Crippen LogP contribution in [-0.4, -0.2) is 42.3 Å². The Hall–Kier alpha value is -0.920. The van der Waals surface area contributed by atoms with Gasteiger partial charge in [0.05, 0.1) is 5.69 Å². The summed E-state index contributed by atoms with van der Waals surface area (Å²) in [6.07, 6.45) is 7.81. The van der Waals surface area contributed by atoms with E-state index in [0.717, 1.165) is 37.8 Å². The van der Waals surface area contributed by atoms with Crippen molar-refractivity contribution in [3.8, 4) is 0 Å². The van der Waals surface area contributed by atoms with Crippen molar-refractivity contribution in [3.63, 3.8) is 0 Å². The van der Waals surface area contributed by atoms with Gasteiger partial charge in [0, 0.05) is 20.3 Å². The van der Waals surface area contributed by atoms with Gasteiger partial charge in [0.25, 0.3) is 0 Å². The number of hydrogen-bond acceptors (Lipinski definition) is 4. The Morgan fingerprint density at radius 2 is 1.94 bits per heavy atom. The molecule has 0 aliphatic heterocycles. The third-order valence-corrected chi connectivity index (χ3v) is 4.52. The van der Waals surface area contributed by atoms with Gasteiger partial charge >= 0.3 is 10.2 Å². The van der Waals surface area contributed by atoms with Crippen LogP contribution in [0.4, 0.5) is 0 Å². The normalized spacial score (nSPS) is 12.2. The minimum Gasteiger partial charge on any atom is -0.330 e. The van der Waals surface area contributed by atoms with Crippen molar-refractivity contribution < 1.29 is 8.42 Å². The Morgan fingerprint density at radius 3 is 2.56 bits per heavy atom. The molecule has 0 aliphatic carbocycles. The molecule has 6 nitrogen and oxygen atoms in total. The van der Waals surface area contributed by atoms with Gasteiger partial charge in [-0.25, -0.2) is 8.96 Å². The van der Waals surface area contributed by atoms with E-state index in [-0.39, 0.29) is 0 Å². The number of nitrogens with zero attached hydrogens (tertiary/aromatic N) is 3. The zero-order valence-electron chi connectivity index (χ0n) is 11.0. The predicted molar refractivity (Wildman–Crippen MR) is 71.5 cm³/mol. The maximum absolute atomic E-state index is 12.0. The lowest BCUT2D eigenvalue weighted by molar-refractivity contribution is 0.507. The Balaban J connectivity index is 2.61. The average Bonchev–Trinajstić information content (AvgIpc) is 2.77. The van der Waals surface area contributed by atoms with Crippen LogP contribution >= 0.6 is 0 Å². The van der Waals surface area contributed by atoms with Crippen LogP contribution in [0.15, 0.2) is 12.5 Å². The van der Waals surface area contributed by atoms with E-state index in [1.807, 2.05) is 0 Å². The average molecular weight is 274 g/mol. The van der Waals surface area contributed by atoms with Crippen molar-refractivity contribution in [2.45, 2.75) is 32.1 Å². The van der Waals surface area contributed by atoms with E-state index >= 15 is 0 Å². The predicted octanol–water partition coefficient (Wildman–Crippen LogP) is 0.599. The van der Waals surface area contributed by atoms with Crippen molar-refractivity contribution in [3.05, 3.63) is 18.2 Å². The van der Waals surface area contributed by atoms with Crippen molar-refractivity contribution in [2.24, 2.45) is 5.73 Å². The molecule has 0 aliphatic rings. The van der Waals surface area contributed by atoms with Crippen molar-refractivity contribution in [1.82, 2.24) is 13.3 Å². The zero-order chi connectivity index (χ0) is 13.6. The lowest BCUT2D eigenvalue weighted by Gasteiger charge is -2.14. The minimum absolute atomic E-state index is 0.715. The molecule has 1 heterocycles. The standard InChI is InChI=1S/C11H22N4O2S/c1-14(2)18(16,17)15-10-13-9-11(15)7-5-3-4-6-8-12/h9-10H,3-8,12H2,1-2H3. The molecule has 0 atom stereocenters.